The summed E-state index contributed by atoms with van der Waals surface area (Å²) in [7, 11) is 1.65. The molecule has 1 aliphatic carbocycles. The molecule has 3 amide bonds. The first-order valence-electron chi connectivity index (χ1n) is 13.7. The first-order chi connectivity index (χ1) is 18.6. The molecule has 39 heavy (non-hydrogen) atoms. The number of methoxy groups -OCH3 is 1. The minimum Gasteiger partial charge on any atom is -0.443 e. The summed E-state index contributed by atoms with van der Waals surface area (Å²) in [5.41, 5.74) is 0.614. The van der Waals surface area contributed by atoms with Crippen LogP contribution in [-0.4, -0.2) is 107 Å². The standard InChI is InChI=1S/C27H45N3O9/c1-18(2)6-7-21-26(4,39-21)24-23(34-5)20(8-9-27(24)17-37-27)38-25(33)29-11-13-36-15-14-35-12-10-28-22(32)16-30-19(3)31/h6,20-21,23-24H,7-17H2,1-5H3,(H,28,32)(H,29,33)(H,30,31)/t20?,21-,23?,24?,26?,27+/m1/s1. The number of ether oxygens (including phenoxy) is 6. The molecule has 0 radical (unpaired) electrons. The van der Waals surface area contributed by atoms with Gasteiger partial charge in [0.2, 0.25) is 11.8 Å². The molecular weight excluding hydrogens is 510 g/mol. The third-order valence-electron chi connectivity index (χ3n) is 7.45. The highest BCUT2D eigenvalue weighted by atomic mass is 16.6. The lowest BCUT2D eigenvalue weighted by Gasteiger charge is -2.42. The summed E-state index contributed by atoms with van der Waals surface area (Å²) in [6, 6.07) is 0. The Hall–Kier alpha value is -2.25. The summed E-state index contributed by atoms with van der Waals surface area (Å²) in [6.07, 6.45) is 3.36. The molecule has 0 aromatic rings. The smallest absolute Gasteiger partial charge is 0.407 e. The summed E-state index contributed by atoms with van der Waals surface area (Å²) < 4.78 is 34.7. The monoisotopic (exact) mass is 555 g/mol. The van der Waals surface area contributed by atoms with Gasteiger partial charge < -0.3 is 44.4 Å². The van der Waals surface area contributed by atoms with Gasteiger partial charge in [-0.05, 0) is 40.0 Å². The van der Waals surface area contributed by atoms with E-state index in [1.807, 2.05) is 0 Å². The molecule has 222 valence electrons. The number of hydrogen-bond acceptors (Lipinski definition) is 9. The minimum atomic E-state index is -0.508. The van der Waals surface area contributed by atoms with Crippen molar-refractivity contribution < 1.29 is 42.8 Å². The zero-order valence-corrected chi connectivity index (χ0v) is 23.8. The second-order valence-corrected chi connectivity index (χ2v) is 10.7. The number of carbonyl (C=O) groups is 3. The molecule has 4 unspecified atom stereocenters. The van der Waals surface area contributed by atoms with Gasteiger partial charge in [-0.25, -0.2) is 4.79 Å². The number of rotatable bonds is 16. The molecule has 0 aromatic heterocycles. The van der Waals surface area contributed by atoms with Gasteiger partial charge in [-0.2, -0.15) is 0 Å². The lowest BCUT2D eigenvalue weighted by Crippen LogP contribution is -2.56. The summed E-state index contributed by atoms with van der Waals surface area (Å²) in [6.45, 7) is 10.2. The molecule has 2 saturated heterocycles. The fourth-order valence-corrected chi connectivity index (χ4v) is 5.33. The van der Waals surface area contributed by atoms with Gasteiger partial charge in [0, 0.05) is 27.1 Å². The van der Waals surface area contributed by atoms with E-state index < -0.39 is 12.2 Å². The van der Waals surface area contributed by atoms with Crippen molar-refractivity contribution in [3.8, 4) is 0 Å². The predicted molar refractivity (Wildman–Crippen MR) is 141 cm³/mol. The number of epoxide rings is 2. The second-order valence-electron chi connectivity index (χ2n) is 10.7. The van der Waals surface area contributed by atoms with Crippen LogP contribution in [0.5, 0.6) is 0 Å². The highest BCUT2D eigenvalue weighted by molar-refractivity contribution is 5.83. The van der Waals surface area contributed by atoms with Crippen LogP contribution in [0.2, 0.25) is 0 Å². The number of hydrogen-bond donors (Lipinski definition) is 3. The predicted octanol–water partition coefficient (Wildman–Crippen LogP) is 1.07. The van der Waals surface area contributed by atoms with E-state index in [4.69, 9.17) is 28.4 Å². The zero-order valence-electron chi connectivity index (χ0n) is 23.8. The van der Waals surface area contributed by atoms with Crippen LogP contribution in [0, 0.1) is 5.92 Å². The summed E-state index contributed by atoms with van der Waals surface area (Å²) in [5, 5.41) is 7.78. The van der Waals surface area contributed by atoms with Gasteiger partial charge in [0.25, 0.3) is 0 Å². The molecule has 3 N–H and O–H groups in total. The molecule has 12 nitrogen and oxygen atoms in total. The Morgan fingerprint density at radius 1 is 1.00 bits per heavy atom. The lowest BCUT2D eigenvalue weighted by atomic mass is 9.68. The summed E-state index contributed by atoms with van der Waals surface area (Å²) >= 11 is 0. The van der Waals surface area contributed by atoms with Gasteiger partial charge in [0.1, 0.15) is 23.4 Å². The van der Waals surface area contributed by atoms with Crippen molar-refractivity contribution in [2.24, 2.45) is 5.92 Å². The van der Waals surface area contributed by atoms with Crippen molar-refractivity contribution in [2.45, 2.75) is 76.5 Å². The molecule has 0 bridgehead atoms. The van der Waals surface area contributed by atoms with Crippen LogP contribution in [0.25, 0.3) is 0 Å². The number of allylic oxidation sites excluding steroid dienone is 1. The van der Waals surface area contributed by atoms with Crippen LogP contribution in [0.4, 0.5) is 4.79 Å². The maximum Gasteiger partial charge on any atom is 0.407 e. The number of carbonyl (C=O) groups excluding carboxylic acids is 3. The van der Waals surface area contributed by atoms with Crippen molar-refractivity contribution in [2.75, 3.05) is 59.8 Å². The molecule has 0 aromatic carbocycles. The van der Waals surface area contributed by atoms with Crippen molar-refractivity contribution >= 4 is 17.9 Å². The van der Waals surface area contributed by atoms with E-state index in [1.165, 1.54) is 12.5 Å². The third-order valence-corrected chi connectivity index (χ3v) is 7.45. The van der Waals surface area contributed by atoms with E-state index >= 15 is 0 Å². The van der Waals surface area contributed by atoms with Gasteiger partial charge in [0.15, 0.2) is 0 Å². The van der Waals surface area contributed by atoms with E-state index in [-0.39, 0.29) is 47.7 Å². The quantitative estimate of drug-likeness (QED) is 0.144. The third kappa shape index (κ3) is 9.14. The molecule has 1 saturated carbocycles. The van der Waals surface area contributed by atoms with Crippen LogP contribution in [0.1, 0.15) is 47.0 Å². The second kappa shape index (κ2) is 14.4. The van der Waals surface area contributed by atoms with E-state index in [0.717, 1.165) is 12.8 Å². The Labute approximate surface area is 230 Å². The Kier molecular flexibility index (Phi) is 11.6. The van der Waals surface area contributed by atoms with Crippen molar-refractivity contribution in [1.29, 1.82) is 0 Å². The molecule has 2 aliphatic heterocycles. The SMILES string of the molecule is COC1C(OC(=O)NCCOCCOCCNC(=O)CNC(C)=O)CC[C@]2(CO2)C1C1(C)O[C@@H]1CC=C(C)C. The van der Waals surface area contributed by atoms with Gasteiger partial charge in [0.05, 0.1) is 51.6 Å². The highest BCUT2D eigenvalue weighted by Gasteiger charge is 2.72. The molecular formula is C27H45N3O9. The molecule has 1 spiro atoms. The maximum absolute atomic E-state index is 12.5. The van der Waals surface area contributed by atoms with E-state index in [2.05, 4.69) is 42.8 Å². The Morgan fingerprint density at radius 3 is 2.26 bits per heavy atom. The summed E-state index contributed by atoms with van der Waals surface area (Å²) in [4.78, 5) is 34.7. The van der Waals surface area contributed by atoms with Gasteiger partial charge >= 0.3 is 6.09 Å². The lowest BCUT2D eigenvalue weighted by molar-refractivity contribution is -0.125. The fraction of sp³-hybridized carbons (Fsp3) is 0.815. The Morgan fingerprint density at radius 2 is 1.67 bits per heavy atom. The highest BCUT2D eigenvalue weighted by Crippen LogP contribution is 2.59. The number of alkyl carbamates (subject to hydrolysis) is 1. The number of nitrogens with one attached hydrogen (secondary N) is 3. The molecule has 3 fully saturated rings. The topological polar surface area (TPSA) is 149 Å². The van der Waals surface area contributed by atoms with Crippen molar-refractivity contribution in [3.05, 3.63) is 11.6 Å². The molecule has 12 heteroatoms. The van der Waals surface area contributed by atoms with E-state index in [9.17, 15) is 14.4 Å². The first-order valence-corrected chi connectivity index (χ1v) is 13.7. The van der Waals surface area contributed by atoms with Gasteiger partial charge in [-0.15, -0.1) is 0 Å². The van der Waals surface area contributed by atoms with Crippen molar-refractivity contribution in [1.82, 2.24) is 16.0 Å². The molecule has 2 heterocycles. The van der Waals surface area contributed by atoms with Gasteiger partial charge in [-0.3, -0.25) is 9.59 Å². The summed E-state index contributed by atoms with van der Waals surface area (Å²) in [5.74, 6) is -0.555. The van der Waals surface area contributed by atoms with E-state index in [0.29, 0.717) is 52.5 Å². The molecule has 3 rings (SSSR count). The maximum atomic E-state index is 12.5. The normalized spacial score (nSPS) is 30.8. The van der Waals surface area contributed by atoms with Crippen LogP contribution >= 0.6 is 0 Å². The Balaban J connectivity index is 1.30. The first kappa shape index (κ1) is 31.3. The van der Waals surface area contributed by atoms with Crippen LogP contribution < -0.4 is 16.0 Å². The van der Waals surface area contributed by atoms with Crippen LogP contribution in [0.3, 0.4) is 0 Å². The average molecular weight is 556 g/mol. The molecule has 6 atom stereocenters. The molecule has 3 aliphatic rings. The van der Waals surface area contributed by atoms with Crippen LogP contribution in [-0.2, 0) is 38.0 Å². The van der Waals surface area contributed by atoms with E-state index in [1.54, 1.807) is 7.11 Å². The average Bonchev–Trinajstić information content (AvgIpc) is 3.80. The fourth-order valence-electron chi connectivity index (χ4n) is 5.33. The largest absolute Gasteiger partial charge is 0.443 e. The minimum absolute atomic E-state index is 0.0222. The zero-order chi connectivity index (χ0) is 28.5. The number of amides is 3. The van der Waals surface area contributed by atoms with Crippen LogP contribution in [0.15, 0.2) is 11.6 Å². The Bertz CT molecular complexity index is 875. The van der Waals surface area contributed by atoms with Gasteiger partial charge in [-0.1, -0.05) is 11.6 Å². The van der Waals surface area contributed by atoms with Crippen molar-refractivity contribution in [3.63, 3.8) is 0 Å².